The van der Waals surface area contributed by atoms with Crippen molar-refractivity contribution >= 4 is 5.91 Å². The number of amides is 1. The highest BCUT2D eigenvalue weighted by atomic mass is 16.7. The van der Waals surface area contributed by atoms with Gasteiger partial charge in [-0.05, 0) is 83.5 Å². The van der Waals surface area contributed by atoms with E-state index in [1.165, 1.54) is 205 Å². The summed E-state index contributed by atoms with van der Waals surface area (Å²) in [6.07, 6.45) is 83.1. The van der Waals surface area contributed by atoms with Crippen LogP contribution in [-0.4, -0.2) is 140 Å². The summed E-state index contributed by atoms with van der Waals surface area (Å²) in [5.74, 6) is -0.248. The van der Waals surface area contributed by atoms with Crippen LogP contribution in [0.15, 0.2) is 109 Å². The first-order chi connectivity index (χ1) is 49.1. The van der Waals surface area contributed by atoms with Crippen LogP contribution in [0.25, 0.3) is 0 Å². The molecule has 0 aromatic rings. The van der Waals surface area contributed by atoms with Crippen molar-refractivity contribution in [3.8, 4) is 0 Å². The number of ether oxygens (including phenoxy) is 4. The molecule has 1 amide bonds. The standard InChI is InChI=1S/C86H151NO13/c1-3-5-7-9-11-13-15-17-19-21-23-25-27-29-31-33-35-37-39-41-43-45-47-49-51-53-55-57-59-61-63-65-67-69-75(90)74(73-97-85-83(96)81(94)84(77(72-89)99-85)100-86-82(95)80(93)79(92)76(71-88)98-86)87-78(91)70-68-66-64-62-60-58-56-54-52-50-48-46-44-42-40-38-36-34-32-30-28-26-24-22-20-18-16-14-12-10-8-6-4-2/h6,8,12,14,18,20,24,26,30,32,36,38,42,44,48,50,67,69,74-77,79-86,88-90,92-96H,3-5,7,9-11,13,15-17,19,21-23,25,27-29,31,33-35,37,39-41,43,45-47,49,51-66,68,70-73H2,1-2H3,(H,87,91)/b8-6-,14-12-,20-18-,26-24-,32-30-,38-36-,44-42-,50-48-,69-67+. The number of unbranched alkanes of at least 4 members (excludes halogenated alkanes) is 39. The summed E-state index contributed by atoms with van der Waals surface area (Å²) in [6.45, 7) is 2.72. The van der Waals surface area contributed by atoms with Gasteiger partial charge in [0.2, 0.25) is 5.91 Å². The number of carbonyl (C=O) groups is 1. The lowest BCUT2D eigenvalue weighted by atomic mass is 9.97. The van der Waals surface area contributed by atoms with Gasteiger partial charge in [-0.2, -0.15) is 0 Å². The summed E-state index contributed by atoms with van der Waals surface area (Å²) in [5.41, 5.74) is 0. The molecule has 14 heteroatoms. The molecule has 0 radical (unpaired) electrons. The fourth-order valence-corrected chi connectivity index (χ4v) is 13.0. The number of allylic oxidation sites excluding steroid dienone is 17. The van der Waals surface area contributed by atoms with E-state index in [9.17, 15) is 45.6 Å². The van der Waals surface area contributed by atoms with Crippen molar-refractivity contribution in [2.24, 2.45) is 0 Å². The van der Waals surface area contributed by atoms with Gasteiger partial charge in [0.25, 0.3) is 0 Å². The third-order valence-electron chi connectivity index (χ3n) is 19.5. The average molecular weight is 1410 g/mol. The molecule has 100 heavy (non-hydrogen) atoms. The molecule has 0 aromatic carbocycles. The van der Waals surface area contributed by atoms with Crippen molar-refractivity contribution in [1.82, 2.24) is 5.32 Å². The van der Waals surface area contributed by atoms with E-state index in [0.29, 0.717) is 6.42 Å². The minimum atomic E-state index is -1.80. The molecule has 2 saturated heterocycles. The molecule has 0 aliphatic carbocycles. The van der Waals surface area contributed by atoms with E-state index in [1.807, 2.05) is 6.08 Å². The highest BCUT2D eigenvalue weighted by Crippen LogP contribution is 2.30. The first-order valence-electron chi connectivity index (χ1n) is 41.1. The fraction of sp³-hybridized carbons (Fsp3) is 0.779. The van der Waals surface area contributed by atoms with Gasteiger partial charge in [-0.15, -0.1) is 0 Å². The van der Waals surface area contributed by atoms with Crippen LogP contribution in [0.4, 0.5) is 0 Å². The highest BCUT2D eigenvalue weighted by molar-refractivity contribution is 5.76. The van der Waals surface area contributed by atoms with Gasteiger partial charge < -0.3 is 65.1 Å². The Morgan fingerprint density at radius 1 is 0.370 bits per heavy atom. The lowest BCUT2D eigenvalue weighted by Crippen LogP contribution is -2.65. The molecule has 2 heterocycles. The molecular formula is C86H151NO13. The maximum Gasteiger partial charge on any atom is 0.220 e. The van der Waals surface area contributed by atoms with E-state index in [1.54, 1.807) is 6.08 Å². The topological polar surface area (TPSA) is 228 Å². The minimum Gasteiger partial charge on any atom is -0.394 e. The Labute approximate surface area is 610 Å². The minimum absolute atomic E-state index is 0.248. The third kappa shape index (κ3) is 50.9. The second-order valence-corrected chi connectivity index (χ2v) is 28.5. The van der Waals surface area contributed by atoms with Gasteiger partial charge in [-0.3, -0.25) is 4.79 Å². The van der Waals surface area contributed by atoms with Crippen molar-refractivity contribution in [3.05, 3.63) is 109 Å². The molecule has 2 aliphatic rings. The van der Waals surface area contributed by atoms with Gasteiger partial charge in [0.05, 0.1) is 32.0 Å². The molecular weight excluding hydrogens is 1250 g/mol. The van der Waals surface area contributed by atoms with Crippen LogP contribution in [0.3, 0.4) is 0 Å². The molecule has 578 valence electrons. The van der Waals surface area contributed by atoms with Crippen LogP contribution in [-0.2, 0) is 23.7 Å². The number of carbonyl (C=O) groups excluding carboxylic acids is 1. The van der Waals surface area contributed by atoms with Crippen LogP contribution in [0.5, 0.6) is 0 Å². The van der Waals surface area contributed by atoms with Crippen molar-refractivity contribution in [3.63, 3.8) is 0 Å². The van der Waals surface area contributed by atoms with E-state index in [2.05, 4.69) is 116 Å². The van der Waals surface area contributed by atoms with E-state index >= 15 is 0 Å². The molecule has 12 atom stereocenters. The summed E-state index contributed by atoms with van der Waals surface area (Å²) >= 11 is 0. The average Bonchev–Trinajstić information content (AvgIpc) is 0.791. The Hall–Kier alpha value is -3.35. The van der Waals surface area contributed by atoms with Gasteiger partial charge >= 0.3 is 0 Å². The number of aliphatic hydroxyl groups excluding tert-OH is 8. The van der Waals surface area contributed by atoms with Crippen molar-refractivity contribution in [2.45, 2.75) is 408 Å². The highest BCUT2D eigenvalue weighted by Gasteiger charge is 2.51. The maximum atomic E-state index is 13.4. The molecule has 14 nitrogen and oxygen atoms in total. The van der Waals surface area contributed by atoms with Crippen LogP contribution in [0, 0.1) is 0 Å². The van der Waals surface area contributed by atoms with E-state index in [0.717, 1.165) is 103 Å². The van der Waals surface area contributed by atoms with Crippen LogP contribution >= 0.6 is 0 Å². The molecule has 0 spiro atoms. The molecule has 2 fully saturated rings. The molecule has 12 unspecified atom stereocenters. The van der Waals surface area contributed by atoms with Gasteiger partial charge in [-0.25, -0.2) is 0 Å². The monoisotopic (exact) mass is 1410 g/mol. The van der Waals surface area contributed by atoms with Gasteiger partial charge in [0.1, 0.15) is 48.8 Å². The molecule has 2 rings (SSSR count). The van der Waals surface area contributed by atoms with Gasteiger partial charge in [0, 0.05) is 6.42 Å². The Balaban J connectivity index is 1.63. The number of rotatable bonds is 68. The summed E-state index contributed by atoms with van der Waals surface area (Å²) in [5, 5.41) is 87.7. The Bertz CT molecular complexity index is 2100. The fourth-order valence-electron chi connectivity index (χ4n) is 13.0. The second kappa shape index (κ2) is 68.7. The Morgan fingerprint density at radius 3 is 1.06 bits per heavy atom. The lowest BCUT2D eigenvalue weighted by molar-refractivity contribution is -0.359. The van der Waals surface area contributed by atoms with Crippen molar-refractivity contribution in [1.29, 1.82) is 0 Å². The van der Waals surface area contributed by atoms with E-state index in [4.69, 9.17) is 18.9 Å². The van der Waals surface area contributed by atoms with Crippen LogP contribution < -0.4 is 5.32 Å². The van der Waals surface area contributed by atoms with Crippen LogP contribution in [0.1, 0.15) is 335 Å². The van der Waals surface area contributed by atoms with E-state index < -0.39 is 86.8 Å². The number of hydrogen-bond acceptors (Lipinski definition) is 13. The zero-order valence-electron chi connectivity index (χ0n) is 63.4. The molecule has 0 bridgehead atoms. The normalized spacial score (nSPS) is 22.4. The SMILES string of the molecule is CC/C=C\C/C=C\C/C=C\C/C=C\C/C=C\C/C=C\C/C=C\C/C=C\CCCCCCCCCCC(=O)NC(COC1OC(CO)C(OC2OC(CO)C(O)C(O)C2O)C(O)C1O)C(O)/C=C/CCCCCCCCCCCCCCCCCCCCCCCCCCCCCCCCC. The van der Waals surface area contributed by atoms with Crippen molar-refractivity contribution < 1.29 is 64.6 Å². The smallest absolute Gasteiger partial charge is 0.220 e. The molecule has 9 N–H and O–H groups in total. The Morgan fingerprint density at radius 2 is 0.690 bits per heavy atom. The van der Waals surface area contributed by atoms with Crippen LogP contribution in [0.2, 0.25) is 0 Å². The number of nitrogens with one attached hydrogen (secondary N) is 1. The third-order valence-corrected chi connectivity index (χ3v) is 19.5. The maximum absolute atomic E-state index is 13.4. The molecule has 0 aromatic heterocycles. The number of hydrogen-bond donors (Lipinski definition) is 9. The largest absolute Gasteiger partial charge is 0.394 e. The first-order valence-corrected chi connectivity index (χ1v) is 41.1. The quantitative estimate of drug-likeness (QED) is 0.0204. The predicted molar refractivity (Wildman–Crippen MR) is 415 cm³/mol. The zero-order valence-corrected chi connectivity index (χ0v) is 63.4. The summed E-state index contributed by atoms with van der Waals surface area (Å²) in [4.78, 5) is 13.4. The molecule has 2 aliphatic heterocycles. The summed E-state index contributed by atoms with van der Waals surface area (Å²) in [7, 11) is 0. The Kier molecular flexibility index (Phi) is 63.7. The first kappa shape index (κ1) is 92.7. The van der Waals surface area contributed by atoms with Gasteiger partial charge in [0.15, 0.2) is 12.6 Å². The molecule has 0 saturated carbocycles. The zero-order chi connectivity index (χ0) is 72.2. The number of aliphatic hydroxyl groups is 8. The second-order valence-electron chi connectivity index (χ2n) is 28.5. The van der Waals surface area contributed by atoms with Crippen molar-refractivity contribution in [2.75, 3.05) is 19.8 Å². The lowest BCUT2D eigenvalue weighted by Gasteiger charge is -2.46. The summed E-state index contributed by atoms with van der Waals surface area (Å²) < 4.78 is 22.9. The van der Waals surface area contributed by atoms with Gasteiger partial charge in [-0.1, -0.05) is 354 Å². The summed E-state index contributed by atoms with van der Waals surface area (Å²) in [6, 6.07) is -0.930. The van der Waals surface area contributed by atoms with E-state index in [-0.39, 0.29) is 18.9 Å². The predicted octanol–water partition coefficient (Wildman–Crippen LogP) is 19.0.